The van der Waals surface area contributed by atoms with Crippen molar-refractivity contribution in [3.63, 3.8) is 0 Å². The average Bonchev–Trinajstić information content (AvgIpc) is 2.35. The van der Waals surface area contributed by atoms with Gasteiger partial charge in [-0.3, -0.25) is 4.79 Å². The number of hydrogen-bond acceptors (Lipinski definition) is 2. The van der Waals surface area contributed by atoms with Gasteiger partial charge in [-0.15, -0.1) is 0 Å². The lowest BCUT2D eigenvalue weighted by molar-refractivity contribution is -0.137. The fraction of sp³-hybridized carbons (Fsp3) is 0.333. The SMILES string of the molecule is CC(NC(=O)CNC(N)=O)c1ccc(C(F)(F)F)cc1. The van der Waals surface area contributed by atoms with E-state index in [0.717, 1.165) is 12.1 Å². The van der Waals surface area contributed by atoms with Gasteiger partial charge in [-0.25, -0.2) is 4.79 Å². The van der Waals surface area contributed by atoms with E-state index < -0.39 is 29.7 Å². The van der Waals surface area contributed by atoms with Crippen molar-refractivity contribution >= 4 is 11.9 Å². The molecule has 1 unspecified atom stereocenters. The van der Waals surface area contributed by atoms with Crippen molar-refractivity contribution in [3.8, 4) is 0 Å². The summed E-state index contributed by atoms with van der Waals surface area (Å²) in [5, 5.41) is 4.63. The second-order valence-electron chi connectivity index (χ2n) is 4.13. The van der Waals surface area contributed by atoms with Crippen LogP contribution in [-0.2, 0) is 11.0 Å². The molecular weight excluding hydrogens is 275 g/mol. The average molecular weight is 289 g/mol. The molecule has 0 aliphatic heterocycles. The Morgan fingerprint density at radius 3 is 2.25 bits per heavy atom. The number of nitrogens with one attached hydrogen (secondary N) is 2. The van der Waals surface area contributed by atoms with Gasteiger partial charge >= 0.3 is 12.2 Å². The zero-order chi connectivity index (χ0) is 15.3. The van der Waals surface area contributed by atoms with Gasteiger partial charge in [0.1, 0.15) is 0 Å². The molecule has 0 saturated heterocycles. The minimum Gasteiger partial charge on any atom is -0.352 e. The van der Waals surface area contributed by atoms with E-state index in [2.05, 4.69) is 10.6 Å². The summed E-state index contributed by atoms with van der Waals surface area (Å²) in [5.74, 6) is -0.490. The van der Waals surface area contributed by atoms with Gasteiger partial charge in [-0.1, -0.05) is 12.1 Å². The first-order chi connectivity index (χ1) is 9.20. The molecule has 4 N–H and O–H groups in total. The number of nitrogens with two attached hydrogens (primary N) is 1. The first-order valence-corrected chi connectivity index (χ1v) is 5.70. The molecule has 20 heavy (non-hydrogen) atoms. The number of halogens is 3. The van der Waals surface area contributed by atoms with Gasteiger partial charge in [0.2, 0.25) is 5.91 Å². The molecule has 5 nitrogen and oxygen atoms in total. The molecule has 3 amide bonds. The van der Waals surface area contributed by atoms with Crippen LogP contribution < -0.4 is 16.4 Å². The summed E-state index contributed by atoms with van der Waals surface area (Å²) in [4.78, 5) is 21.8. The lowest BCUT2D eigenvalue weighted by Gasteiger charge is -2.15. The van der Waals surface area contributed by atoms with Crippen LogP contribution in [0, 0.1) is 0 Å². The van der Waals surface area contributed by atoms with Gasteiger partial charge in [0.15, 0.2) is 0 Å². The number of urea groups is 1. The second-order valence-corrected chi connectivity index (χ2v) is 4.13. The summed E-state index contributed by atoms with van der Waals surface area (Å²) in [7, 11) is 0. The van der Waals surface area contributed by atoms with Gasteiger partial charge in [0.05, 0.1) is 18.2 Å². The Balaban J connectivity index is 2.62. The van der Waals surface area contributed by atoms with Crippen molar-refractivity contribution in [1.82, 2.24) is 10.6 Å². The minimum absolute atomic E-state index is 0.291. The highest BCUT2D eigenvalue weighted by Gasteiger charge is 2.30. The van der Waals surface area contributed by atoms with Crippen LogP contribution in [-0.4, -0.2) is 18.5 Å². The summed E-state index contributed by atoms with van der Waals surface area (Å²) in [6.45, 7) is 1.32. The van der Waals surface area contributed by atoms with Crippen LogP contribution in [0.3, 0.4) is 0 Å². The van der Waals surface area contributed by atoms with Crippen LogP contribution in [0.15, 0.2) is 24.3 Å². The van der Waals surface area contributed by atoms with Gasteiger partial charge < -0.3 is 16.4 Å². The lowest BCUT2D eigenvalue weighted by Crippen LogP contribution is -2.40. The minimum atomic E-state index is -4.39. The number of amides is 3. The van der Waals surface area contributed by atoms with Crippen LogP contribution in [0.4, 0.5) is 18.0 Å². The van der Waals surface area contributed by atoms with E-state index in [9.17, 15) is 22.8 Å². The molecular formula is C12H14F3N3O2. The number of alkyl halides is 3. The van der Waals surface area contributed by atoms with E-state index in [4.69, 9.17) is 5.73 Å². The molecule has 1 atom stereocenters. The first-order valence-electron chi connectivity index (χ1n) is 5.70. The maximum absolute atomic E-state index is 12.4. The molecule has 1 rings (SSSR count). The van der Waals surface area contributed by atoms with E-state index in [-0.39, 0.29) is 6.54 Å². The Hall–Kier alpha value is -2.25. The van der Waals surface area contributed by atoms with E-state index in [1.807, 2.05) is 0 Å². The highest BCUT2D eigenvalue weighted by atomic mass is 19.4. The summed E-state index contributed by atoms with van der Waals surface area (Å²) >= 11 is 0. The number of benzene rings is 1. The predicted octanol–water partition coefficient (Wildman–Crippen LogP) is 1.55. The molecule has 1 aromatic rings. The molecule has 0 radical (unpaired) electrons. The van der Waals surface area contributed by atoms with Gasteiger partial charge in [-0.05, 0) is 24.6 Å². The lowest BCUT2D eigenvalue weighted by atomic mass is 10.1. The van der Waals surface area contributed by atoms with Crippen molar-refractivity contribution in [1.29, 1.82) is 0 Å². The zero-order valence-electron chi connectivity index (χ0n) is 10.6. The monoisotopic (exact) mass is 289 g/mol. The van der Waals surface area contributed by atoms with E-state index >= 15 is 0 Å². The number of carbonyl (C=O) groups is 2. The first kappa shape index (κ1) is 15.8. The molecule has 0 saturated carbocycles. The fourth-order valence-corrected chi connectivity index (χ4v) is 1.50. The quantitative estimate of drug-likeness (QED) is 0.785. The van der Waals surface area contributed by atoms with Crippen molar-refractivity contribution in [3.05, 3.63) is 35.4 Å². The van der Waals surface area contributed by atoms with Crippen molar-refractivity contribution in [2.45, 2.75) is 19.1 Å². The maximum Gasteiger partial charge on any atom is 0.416 e. The Morgan fingerprint density at radius 1 is 1.25 bits per heavy atom. The molecule has 8 heteroatoms. The molecule has 0 fully saturated rings. The Kier molecular flexibility index (Phi) is 4.95. The standard InChI is InChI=1S/C12H14F3N3O2/c1-7(18-10(19)6-17-11(16)20)8-2-4-9(5-3-8)12(13,14)15/h2-5,7H,6H2,1H3,(H,18,19)(H3,16,17,20). The Labute approximate surface area is 113 Å². The molecule has 110 valence electrons. The summed E-state index contributed by atoms with van der Waals surface area (Å²) in [6, 6.07) is 3.14. The molecule has 0 aliphatic carbocycles. The van der Waals surface area contributed by atoms with Gasteiger partial charge in [0, 0.05) is 0 Å². The normalized spacial score (nSPS) is 12.6. The summed E-state index contributed by atoms with van der Waals surface area (Å²) in [5.41, 5.74) is 4.57. The topological polar surface area (TPSA) is 84.2 Å². The Morgan fingerprint density at radius 2 is 1.80 bits per heavy atom. The van der Waals surface area contributed by atoms with Crippen molar-refractivity contribution < 1.29 is 22.8 Å². The number of hydrogen-bond donors (Lipinski definition) is 3. The molecule has 1 aromatic carbocycles. The number of primary amides is 1. The van der Waals surface area contributed by atoms with Gasteiger partial charge in [0.25, 0.3) is 0 Å². The molecule has 0 aliphatic rings. The third-order valence-corrected chi connectivity index (χ3v) is 2.54. The number of rotatable bonds is 4. The molecule has 0 aromatic heterocycles. The second kappa shape index (κ2) is 6.27. The predicted molar refractivity (Wildman–Crippen MR) is 65.6 cm³/mol. The number of carbonyl (C=O) groups excluding carboxylic acids is 2. The highest BCUT2D eigenvalue weighted by Crippen LogP contribution is 2.29. The van der Waals surface area contributed by atoms with Crippen LogP contribution in [0.1, 0.15) is 24.1 Å². The largest absolute Gasteiger partial charge is 0.416 e. The molecule has 0 heterocycles. The third-order valence-electron chi connectivity index (χ3n) is 2.54. The smallest absolute Gasteiger partial charge is 0.352 e. The van der Waals surface area contributed by atoms with Crippen molar-refractivity contribution in [2.75, 3.05) is 6.54 Å². The van der Waals surface area contributed by atoms with Gasteiger partial charge in [-0.2, -0.15) is 13.2 Å². The summed E-state index contributed by atoms with van der Waals surface area (Å²) < 4.78 is 37.2. The molecule has 0 spiro atoms. The third kappa shape index (κ3) is 4.79. The van der Waals surface area contributed by atoms with E-state index in [0.29, 0.717) is 5.56 Å². The van der Waals surface area contributed by atoms with E-state index in [1.54, 1.807) is 6.92 Å². The molecule has 0 bridgehead atoms. The van der Waals surface area contributed by atoms with Crippen LogP contribution in [0.2, 0.25) is 0 Å². The fourth-order valence-electron chi connectivity index (χ4n) is 1.50. The van der Waals surface area contributed by atoms with Crippen LogP contribution >= 0.6 is 0 Å². The van der Waals surface area contributed by atoms with E-state index in [1.165, 1.54) is 12.1 Å². The summed E-state index contributed by atoms with van der Waals surface area (Å²) in [6.07, 6.45) is -4.39. The zero-order valence-corrected chi connectivity index (χ0v) is 10.6. The Bertz CT molecular complexity index is 486. The maximum atomic E-state index is 12.4. The van der Waals surface area contributed by atoms with Crippen LogP contribution in [0.25, 0.3) is 0 Å². The highest BCUT2D eigenvalue weighted by molar-refractivity contribution is 5.83. The van der Waals surface area contributed by atoms with Crippen molar-refractivity contribution in [2.24, 2.45) is 5.73 Å². The van der Waals surface area contributed by atoms with Crippen LogP contribution in [0.5, 0.6) is 0 Å².